The van der Waals surface area contributed by atoms with E-state index in [9.17, 15) is 4.79 Å². The highest BCUT2D eigenvalue weighted by Crippen LogP contribution is 2.28. The van der Waals surface area contributed by atoms with E-state index < -0.39 is 0 Å². The Morgan fingerprint density at radius 3 is 2.19 bits per heavy atom. The molecule has 0 aliphatic carbocycles. The summed E-state index contributed by atoms with van der Waals surface area (Å²) in [6.45, 7) is 2.42. The van der Waals surface area contributed by atoms with Crippen LogP contribution in [0, 0.1) is 5.92 Å². The predicted molar refractivity (Wildman–Crippen MR) is 127 cm³/mol. The third-order valence-electron chi connectivity index (χ3n) is 5.78. The number of aromatic nitrogens is 1. The van der Waals surface area contributed by atoms with Gasteiger partial charge in [0.25, 0.3) is 0 Å². The van der Waals surface area contributed by atoms with Crippen LogP contribution in [0.4, 0.5) is 5.69 Å². The predicted octanol–water partition coefficient (Wildman–Crippen LogP) is 5.83. The molecular weight excluding hydrogens is 429 g/mol. The second kappa shape index (κ2) is 10.3. The third-order valence-corrected chi connectivity index (χ3v) is 6.49. The van der Waals surface area contributed by atoms with E-state index in [0.29, 0.717) is 16.6 Å². The Bertz CT molecular complexity index is 996. The van der Waals surface area contributed by atoms with E-state index in [-0.39, 0.29) is 11.8 Å². The maximum atomic E-state index is 12.7. The lowest BCUT2D eigenvalue weighted by Gasteiger charge is -2.31. The van der Waals surface area contributed by atoms with Gasteiger partial charge in [0.05, 0.1) is 0 Å². The standard InChI is InChI=1S/C25H25Cl2N3O/c26-23-2-1-3-24(27)22(23)17-30-14-10-20(11-15-30)25(31)29-21-6-4-18(5-7-21)16-19-8-12-28-13-9-19/h1-9,12-13,20H,10-11,14-17H2,(H,29,31). The van der Waals surface area contributed by atoms with Crippen molar-refractivity contribution in [3.05, 3.63) is 93.7 Å². The lowest BCUT2D eigenvalue weighted by molar-refractivity contribution is -0.121. The fraction of sp³-hybridized carbons (Fsp3) is 0.280. The van der Waals surface area contributed by atoms with Gasteiger partial charge < -0.3 is 5.32 Å². The Hall–Kier alpha value is -2.40. The summed E-state index contributed by atoms with van der Waals surface area (Å²) >= 11 is 12.6. The zero-order valence-electron chi connectivity index (χ0n) is 17.2. The Morgan fingerprint density at radius 1 is 0.935 bits per heavy atom. The van der Waals surface area contributed by atoms with Crippen LogP contribution < -0.4 is 5.32 Å². The van der Waals surface area contributed by atoms with E-state index in [2.05, 4.69) is 27.3 Å². The highest BCUT2D eigenvalue weighted by Gasteiger charge is 2.25. The molecule has 1 aliphatic rings. The van der Waals surface area contributed by atoms with Crippen molar-refractivity contribution in [2.45, 2.75) is 25.8 Å². The maximum Gasteiger partial charge on any atom is 0.227 e. The Balaban J connectivity index is 1.27. The number of likely N-dealkylation sites (tertiary alicyclic amines) is 1. The van der Waals surface area contributed by atoms with Crippen LogP contribution in [0.2, 0.25) is 10.0 Å². The van der Waals surface area contributed by atoms with E-state index in [4.69, 9.17) is 23.2 Å². The Morgan fingerprint density at radius 2 is 1.55 bits per heavy atom. The molecule has 4 rings (SSSR count). The number of hydrogen-bond acceptors (Lipinski definition) is 3. The van der Waals surface area contributed by atoms with E-state index in [1.165, 1.54) is 11.1 Å². The molecular formula is C25H25Cl2N3O. The lowest BCUT2D eigenvalue weighted by Crippen LogP contribution is -2.37. The second-order valence-corrected chi connectivity index (χ2v) is 8.78. The van der Waals surface area contributed by atoms with Crippen molar-refractivity contribution in [1.82, 2.24) is 9.88 Å². The smallest absolute Gasteiger partial charge is 0.227 e. The summed E-state index contributed by atoms with van der Waals surface area (Å²) in [5.41, 5.74) is 4.22. The summed E-state index contributed by atoms with van der Waals surface area (Å²) in [6.07, 6.45) is 6.11. The number of carbonyl (C=O) groups is 1. The van der Waals surface area contributed by atoms with Crippen LogP contribution in [-0.2, 0) is 17.8 Å². The minimum atomic E-state index is 0.0227. The maximum absolute atomic E-state index is 12.7. The molecule has 0 spiro atoms. The highest BCUT2D eigenvalue weighted by atomic mass is 35.5. The molecule has 160 valence electrons. The van der Waals surface area contributed by atoms with E-state index in [1.807, 2.05) is 42.5 Å². The summed E-state index contributed by atoms with van der Waals surface area (Å²) in [7, 11) is 0. The molecule has 31 heavy (non-hydrogen) atoms. The van der Waals surface area contributed by atoms with Crippen molar-refractivity contribution < 1.29 is 4.79 Å². The van der Waals surface area contributed by atoms with Crippen LogP contribution in [-0.4, -0.2) is 28.9 Å². The lowest BCUT2D eigenvalue weighted by atomic mass is 9.95. The number of piperidine rings is 1. The monoisotopic (exact) mass is 453 g/mol. The van der Waals surface area contributed by atoms with Gasteiger partial charge in [0.2, 0.25) is 5.91 Å². The number of hydrogen-bond donors (Lipinski definition) is 1. The van der Waals surface area contributed by atoms with E-state index in [1.54, 1.807) is 12.4 Å². The molecule has 0 unspecified atom stereocenters. The highest BCUT2D eigenvalue weighted by molar-refractivity contribution is 6.35. The number of benzene rings is 2. The van der Waals surface area contributed by atoms with Gasteiger partial charge in [-0.1, -0.05) is 41.4 Å². The van der Waals surface area contributed by atoms with Gasteiger partial charge in [-0.05, 0) is 79.9 Å². The largest absolute Gasteiger partial charge is 0.326 e. The van der Waals surface area contributed by atoms with Crippen LogP contribution in [0.25, 0.3) is 0 Å². The first-order valence-electron chi connectivity index (χ1n) is 10.5. The minimum Gasteiger partial charge on any atom is -0.326 e. The summed E-state index contributed by atoms with van der Waals surface area (Å²) in [5, 5.41) is 4.46. The molecule has 0 saturated carbocycles. The first kappa shape index (κ1) is 21.8. The van der Waals surface area contributed by atoms with Gasteiger partial charge in [-0.25, -0.2) is 0 Å². The number of halogens is 2. The van der Waals surface area contributed by atoms with Crippen molar-refractivity contribution in [1.29, 1.82) is 0 Å². The van der Waals surface area contributed by atoms with Crippen molar-refractivity contribution in [2.75, 3.05) is 18.4 Å². The number of amides is 1. The fourth-order valence-corrected chi connectivity index (χ4v) is 4.46. The summed E-state index contributed by atoms with van der Waals surface area (Å²) < 4.78 is 0. The third kappa shape index (κ3) is 5.85. The molecule has 2 heterocycles. The molecule has 2 aromatic carbocycles. The molecule has 1 saturated heterocycles. The van der Waals surface area contributed by atoms with Gasteiger partial charge in [0.1, 0.15) is 0 Å². The molecule has 1 aliphatic heterocycles. The van der Waals surface area contributed by atoms with Gasteiger partial charge in [-0.15, -0.1) is 0 Å². The SMILES string of the molecule is O=C(Nc1ccc(Cc2ccncc2)cc1)C1CCN(Cc2c(Cl)cccc2Cl)CC1. The molecule has 3 aromatic rings. The van der Waals surface area contributed by atoms with E-state index >= 15 is 0 Å². The molecule has 4 nitrogen and oxygen atoms in total. The molecule has 0 radical (unpaired) electrons. The Kier molecular flexibility index (Phi) is 7.23. The quantitative estimate of drug-likeness (QED) is 0.510. The molecule has 0 bridgehead atoms. The fourth-order valence-electron chi connectivity index (χ4n) is 3.95. The summed E-state index contributed by atoms with van der Waals surface area (Å²) in [6, 6.07) is 17.7. The average Bonchev–Trinajstić information content (AvgIpc) is 2.79. The molecule has 1 aromatic heterocycles. The van der Waals surface area contributed by atoms with Gasteiger partial charge in [-0.2, -0.15) is 0 Å². The zero-order valence-corrected chi connectivity index (χ0v) is 18.7. The zero-order chi connectivity index (χ0) is 21.6. The summed E-state index contributed by atoms with van der Waals surface area (Å²) in [5.74, 6) is 0.117. The number of carbonyl (C=O) groups excluding carboxylic acids is 1. The van der Waals surface area contributed by atoms with Gasteiger partial charge in [0, 0.05) is 46.2 Å². The number of anilines is 1. The van der Waals surface area contributed by atoms with Crippen molar-refractivity contribution in [3.63, 3.8) is 0 Å². The minimum absolute atomic E-state index is 0.0227. The normalized spacial score (nSPS) is 15.0. The van der Waals surface area contributed by atoms with Crippen LogP contribution in [0.5, 0.6) is 0 Å². The molecule has 1 amide bonds. The first-order valence-corrected chi connectivity index (χ1v) is 11.3. The second-order valence-electron chi connectivity index (χ2n) is 7.97. The van der Waals surface area contributed by atoms with Crippen LogP contribution in [0.1, 0.15) is 29.5 Å². The number of pyridine rings is 1. The van der Waals surface area contributed by atoms with Crippen molar-refractivity contribution >= 4 is 34.8 Å². The number of nitrogens with zero attached hydrogens (tertiary/aromatic N) is 2. The van der Waals surface area contributed by atoms with E-state index in [0.717, 1.165) is 43.6 Å². The number of nitrogens with one attached hydrogen (secondary N) is 1. The van der Waals surface area contributed by atoms with Gasteiger partial charge in [-0.3, -0.25) is 14.7 Å². The number of rotatable bonds is 6. The van der Waals surface area contributed by atoms with Gasteiger partial charge in [0.15, 0.2) is 0 Å². The summed E-state index contributed by atoms with van der Waals surface area (Å²) in [4.78, 5) is 19.1. The molecule has 1 fully saturated rings. The Labute approximate surface area is 193 Å². The first-order chi connectivity index (χ1) is 15.1. The van der Waals surface area contributed by atoms with Crippen LogP contribution >= 0.6 is 23.2 Å². The van der Waals surface area contributed by atoms with Crippen LogP contribution in [0.15, 0.2) is 67.0 Å². The molecule has 0 atom stereocenters. The molecule has 6 heteroatoms. The average molecular weight is 454 g/mol. The van der Waals surface area contributed by atoms with Crippen molar-refractivity contribution in [2.24, 2.45) is 5.92 Å². The topological polar surface area (TPSA) is 45.2 Å². The molecule has 1 N–H and O–H groups in total. The van der Waals surface area contributed by atoms with Crippen molar-refractivity contribution in [3.8, 4) is 0 Å². The van der Waals surface area contributed by atoms with Crippen LogP contribution in [0.3, 0.4) is 0 Å². The van der Waals surface area contributed by atoms with Gasteiger partial charge >= 0.3 is 0 Å².